The zero-order chi connectivity index (χ0) is 15.6. The van der Waals surface area contributed by atoms with Gasteiger partial charge in [0.2, 0.25) is 5.91 Å². The third-order valence-corrected chi connectivity index (χ3v) is 3.91. The maximum absolute atomic E-state index is 12.1. The Morgan fingerprint density at radius 3 is 2.67 bits per heavy atom. The van der Waals surface area contributed by atoms with E-state index < -0.39 is 18.1 Å². The maximum atomic E-state index is 12.1. The minimum absolute atomic E-state index is 0.155. The Bertz CT molecular complexity index is 555. The second-order valence-corrected chi connectivity index (χ2v) is 5.45. The van der Waals surface area contributed by atoms with E-state index >= 15 is 0 Å². The van der Waals surface area contributed by atoms with Crippen LogP contribution in [0.25, 0.3) is 0 Å². The summed E-state index contributed by atoms with van der Waals surface area (Å²) in [4.78, 5) is 25.2. The molecule has 5 nitrogen and oxygen atoms in total. The molecule has 1 amide bonds. The highest BCUT2D eigenvalue weighted by molar-refractivity contribution is 5.83. The largest absolute Gasteiger partial charge is 0.479 e. The number of carboxylic acid groups (broad SMARTS) is 1. The number of morpholine rings is 1. The Balaban J connectivity index is 2.45. The summed E-state index contributed by atoms with van der Waals surface area (Å²) in [5.41, 5.74) is 3.02. The summed E-state index contributed by atoms with van der Waals surface area (Å²) in [6, 6.07) is 5.21. The van der Waals surface area contributed by atoms with Gasteiger partial charge in [0, 0.05) is 6.54 Å². The Morgan fingerprint density at radius 2 is 2.10 bits per heavy atom. The molecular formula is C16H21NO4. The van der Waals surface area contributed by atoms with Crippen LogP contribution >= 0.6 is 0 Å². The Hall–Kier alpha value is -1.88. The Morgan fingerprint density at radius 1 is 1.38 bits per heavy atom. The summed E-state index contributed by atoms with van der Waals surface area (Å²) in [6.07, 6.45) is -0.240. The monoisotopic (exact) mass is 291 g/mol. The predicted octanol–water partition coefficient (Wildman–Crippen LogP) is 2.07. The van der Waals surface area contributed by atoms with Crippen molar-refractivity contribution in [2.75, 3.05) is 13.2 Å². The van der Waals surface area contributed by atoms with Gasteiger partial charge in [0.05, 0.1) is 6.04 Å². The molecule has 21 heavy (non-hydrogen) atoms. The van der Waals surface area contributed by atoms with Gasteiger partial charge in [0.1, 0.15) is 6.61 Å². The van der Waals surface area contributed by atoms with Gasteiger partial charge in [-0.15, -0.1) is 0 Å². The van der Waals surface area contributed by atoms with Crippen LogP contribution in [0.15, 0.2) is 18.2 Å². The molecule has 0 radical (unpaired) electrons. The first-order chi connectivity index (χ1) is 9.95. The van der Waals surface area contributed by atoms with E-state index in [1.807, 2.05) is 39.0 Å². The summed E-state index contributed by atoms with van der Waals surface area (Å²) in [6.45, 7) is 6.31. The molecule has 2 atom stereocenters. The maximum Gasteiger partial charge on any atom is 0.335 e. The molecule has 2 unspecified atom stereocenters. The van der Waals surface area contributed by atoms with Crippen molar-refractivity contribution in [1.82, 2.24) is 4.90 Å². The van der Waals surface area contributed by atoms with Crippen LogP contribution in [-0.2, 0) is 14.3 Å². The minimum Gasteiger partial charge on any atom is -0.479 e. The third-order valence-electron chi connectivity index (χ3n) is 3.91. The van der Waals surface area contributed by atoms with E-state index in [1.54, 1.807) is 4.90 Å². The summed E-state index contributed by atoms with van der Waals surface area (Å²) in [7, 11) is 0. The van der Waals surface area contributed by atoms with Crippen molar-refractivity contribution >= 4 is 11.9 Å². The summed E-state index contributed by atoms with van der Waals surface area (Å²) < 4.78 is 5.27. The molecule has 114 valence electrons. The van der Waals surface area contributed by atoms with E-state index in [0.717, 1.165) is 23.1 Å². The fraction of sp³-hybridized carbons (Fsp3) is 0.500. The van der Waals surface area contributed by atoms with Crippen molar-refractivity contribution in [2.45, 2.75) is 39.3 Å². The number of benzene rings is 1. The number of carbonyl (C=O) groups is 2. The van der Waals surface area contributed by atoms with Gasteiger partial charge >= 0.3 is 5.97 Å². The number of rotatable bonds is 4. The fourth-order valence-electron chi connectivity index (χ4n) is 2.67. The van der Waals surface area contributed by atoms with Crippen LogP contribution in [0.1, 0.15) is 36.1 Å². The van der Waals surface area contributed by atoms with Crippen LogP contribution in [0.4, 0.5) is 0 Å². The number of carboxylic acids is 1. The molecule has 1 saturated heterocycles. The molecule has 1 aliphatic rings. The lowest BCUT2D eigenvalue weighted by atomic mass is 9.94. The molecular weight excluding hydrogens is 270 g/mol. The lowest BCUT2D eigenvalue weighted by Gasteiger charge is -2.39. The van der Waals surface area contributed by atoms with Crippen LogP contribution < -0.4 is 0 Å². The van der Waals surface area contributed by atoms with Crippen molar-refractivity contribution in [3.05, 3.63) is 34.9 Å². The van der Waals surface area contributed by atoms with Crippen LogP contribution in [-0.4, -0.2) is 41.1 Å². The zero-order valence-corrected chi connectivity index (χ0v) is 12.6. The van der Waals surface area contributed by atoms with Gasteiger partial charge in [-0.05, 0) is 37.0 Å². The first-order valence-electron chi connectivity index (χ1n) is 7.16. The summed E-state index contributed by atoms with van der Waals surface area (Å²) >= 11 is 0. The molecule has 5 heteroatoms. The lowest BCUT2D eigenvalue weighted by molar-refractivity contribution is -0.173. The Labute approximate surface area is 124 Å². The molecule has 2 rings (SSSR count). The first-order valence-corrected chi connectivity index (χ1v) is 7.16. The number of carbonyl (C=O) groups excluding carboxylic acids is 1. The van der Waals surface area contributed by atoms with Gasteiger partial charge in [-0.1, -0.05) is 25.1 Å². The first kappa shape index (κ1) is 15.5. The third kappa shape index (κ3) is 3.08. The van der Waals surface area contributed by atoms with Crippen LogP contribution in [0.5, 0.6) is 0 Å². The average molecular weight is 291 g/mol. The molecule has 0 aromatic heterocycles. The van der Waals surface area contributed by atoms with Crippen molar-refractivity contribution in [1.29, 1.82) is 0 Å². The molecule has 0 bridgehead atoms. The van der Waals surface area contributed by atoms with Gasteiger partial charge in [-0.2, -0.15) is 0 Å². The van der Waals surface area contributed by atoms with Crippen molar-refractivity contribution in [2.24, 2.45) is 0 Å². The number of aryl methyl sites for hydroxylation is 2. The topological polar surface area (TPSA) is 66.8 Å². The van der Waals surface area contributed by atoms with Crippen molar-refractivity contribution in [3.8, 4) is 0 Å². The molecule has 1 fully saturated rings. The molecule has 1 aliphatic heterocycles. The molecule has 1 aromatic rings. The minimum atomic E-state index is -1.04. The summed E-state index contributed by atoms with van der Waals surface area (Å²) in [5.74, 6) is -1.19. The second kappa shape index (κ2) is 6.26. The lowest BCUT2D eigenvalue weighted by Crippen LogP contribution is -2.52. The van der Waals surface area contributed by atoms with E-state index in [0.29, 0.717) is 6.54 Å². The number of aliphatic carboxylic acids is 1. The average Bonchev–Trinajstić information content (AvgIpc) is 2.44. The number of amides is 1. The van der Waals surface area contributed by atoms with E-state index in [4.69, 9.17) is 4.74 Å². The highest BCUT2D eigenvalue weighted by atomic mass is 16.5. The molecule has 1 aromatic carbocycles. The molecule has 0 aliphatic carbocycles. The van der Waals surface area contributed by atoms with E-state index in [-0.39, 0.29) is 12.5 Å². The molecule has 1 heterocycles. The number of hydrogen-bond acceptors (Lipinski definition) is 3. The number of hydrogen-bond donors (Lipinski definition) is 1. The standard InChI is InChI=1S/C16H21NO4/c1-4-7-17-13(18)9-21-15(16(19)20)14(17)12-6-5-10(2)11(3)8-12/h5-6,8,14-15H,4,7,9H2,1-3H3,(H,19,20). The Kier molecular flexibility index (Phi) is 4.63. The molecule has 0 saturated carbocycles. The smallest absolute Gasteiger partial charge is 0.335 e. The van der Waals surface area contributed by atoms with Crippen molar-refractivity contribution < 1.29 is 19.4 Å². The van der Waals surface area contributed by atoms with Crippen LogP contribution in [0.2, 0.25) is 0 Å². The van der Waals surface area contributed by atoms with Crippen molar-refractivity contribution in [3.63, 3.8) is 0 Å². The van der Waals surface area contributed by atoms with E-state index in [9.17, 15) is 14.7 Å². The highest BCUT2D eigenvalue weighted by Crippen LogP contribution is 2.31. The van der Waals surface area contributed by atoms with Crippen LogP contribution in [0, 0.1) is 13.8 Å². The normalized spacial score (nSPS) is 22.4. The van der Waals surface area contributed by atoms with Gasteiger partial charge in [-0.3, -0.25) is 4.79 Å². The van der Waals surface area contributed by atoms with E-state index in [2.05, 4.69) is 0 Å². The van der Waals surface area contributed by atoms with Gasteiger partial charge < -0.3 is 14.7 Å². The highest BCUT2D eigenvalue weighted by Gasteiger charge is 2.41. The number of nitrogens with zero attached hydrogens (tertiary/aromatic N) is 1. The van der Waals surface area contributed by atoms with Gasteiger partial charge in [0.25, 0.3) is 0 Å². The second-order valence-electron chi connectivity index (χ2n) is 5.45. The quantitative estimate of drug-likeness (QED) is 0.922. The van der Waals surface area contributed by atoms with Crippen LogP contribution in [0.3, 0.4) is 0 Å². The summed E-state index contributed by atoms with van der Waals surface area (Å²) in [5, 5.41) is 9.40. The number of ether oxygens (including phenoxy) is 1. The van der Waals surface area contributed by atoms with Gasteiger partial charge in [-0.25, -0.2) is 4.79 Å². The zero-order valence-electron chi connectivity index (χ0n) is 12.6. The molecule has 1 N–H and O–H groups in total. The van der Waals surface area contributed by atoms with E-state index in [1.165, 1.54) is 0 Å². The SMILES string of the molecule is CCCN1C(=O)COC(C(=O)O)C1c1ccc(C)c(C)c1. The molecule has 0 spiro atoms. The predicted molar refractivity (Wildman–Crippen MR) is 78.0 cm³/mol. The fourth-order valence-corrected chi connectivity index (χ4v) is 2.67. The van der Waals surface area contributed by atoms with Gasteiger partial charge in [0.15, 0.2) is 6.10 Å².